The molecule has 0 amide bonds. The van der Waals surface area contributed by atoms with Gasteiger partial charge in [0.1, 0.15) is 18.4 Å². The van der Waals surface area contributed by atoms with Crippen molar-refractivity contribution in [3.8, 4) is 46.3 Å². The molecule has 14 nitrogen and oxygen atoms in total. The number of ether oxygens (including phenoxy) is 6. The molecule has 4 bridgehead atoms. The zero-order valence-corrected chi connectivity index (χ0v) is 31.2. The van der Waals surface area contributed by atoms with Gasteiger partial charge in [-0.05, 0) is 61.1 Å². The standard InChI is InChI=1S/C39H40N4O10S/c1-16-8-20-9-22-23(12-40)43-24-13-50-38(47)39(21-11-26(48-4)25(45)10-19(21)6-7-41-39)14-54-37(31(43)30(42-22)27(20)32(46)33(16)49-5)29-28(24)36-35(51-15-52-36)17(2)34(29)53-18(3)44/h8,10-11,22-24,30-31,37,41-42,45-46H,6-7,9,13-15H2,1-5H3/t22-,23+,24+,30?,31?,37-,39?/m1/s1. The average molecular weight is 757 g/mol. The topological polar surface area (TPSA) is 181 Å². The summed E-state index contributed by atoms with van der Waals surface area (Å²) >= 11 is 1.46. The lowest BCUT2D eigenvalue weighted by Crippen LogP contribution is -2.69. The van der Waals surface area contributed by atoms with Crippen LogP contribution in [0.5, 0.6) is 40.2 Å². The van der Waals surface area contributed by atoms with Gasteiger partial charge in [-0.25, -0.2) is 4.79 Å². The summed E-state index contributed by atoms with van der Waals surface area (Å²) in [6.45, 7) is 5.25. The molecule has 7 aliphatic heterocycles. The molecular weight excluding hydrogens is 717 g/mol. The van der Waals surface area contributed by atoms with Gasteiger partial charge in [0.05, 0.1) is 37.6 Å². The number of piperazine rings is 1. The molecule has 0 radical (unpaired) electrons. The van der Waals surface area contributed by atoms with E-state index in [0.717, 1.165) is 16.7 Å². The summed E-state index contributed by atoms with van der Waals surface area (Å²) in [5.41, 5.74) is 4.33. The number of benzene rings is 3. The molecule has 54 heavy (non-hydrogen) atoms. The maximum absolute atomic E-state index is 14.7. The summed E-state index contributed by atoms with van der Waals surface area (Å²) < 4.78 is 35.9. The first-order valence-electron chi connectivity index (χ1n) is 17.9. The molecule has 7 aliphatic rings. The molecule has 2 saturated heterocycles. The van der Waals surface area contributed by atoms with Crippen LogP contribution in [-0.4, -0.2) is 85.1 Å². The van der Waals surface area contributed by atoms with Gasteiger partial charge in [-0.2, -0.15) is 5.26 Å². The van der Waals surface area contributed by atoms with Crippen molar-refractivity contribution in [2.75, 3.05) is 39.9 Å². The number of methoxy groups -OCH3 is 2. The van der Waals surface area contributed by atoms with Crippen LogP contribution in [0, 0.1) is 25.2 Å². The van der Waals surface area contributed by atoms with E-state index in [4.69, 9.17) is 28.4 Å². The first-order valence-corrected chi connectivity index (χ1v) is 19.0. The lowest BCUT2D eigenvalue weighted by Gasteiger charge is -2.59. The maximum Gasteiger partial charge on any atom is 0.331 e. The number of phenols is 2. The Morgan fingerprint density at radius 2 is 1.85 bits per heavy atom. The zero-order chi connectivity index (χ0) is 37.8. The van der Waals surface area contributed by atoms with E-state index in [9.17, 15) is 25.1 Å². The van der Waals surface area contributed by atoms with Gasteiger partial charge in [0.15, 0.2) is 40.0 Å². The van der Waals surface area contributed by atoms with E-state index >= 15 is 0 Å². The van der Waals surface area contributed by atoms with Gasteiger partial charge in [0.2, 0.25) is 6.79 Å². The fraction of sp³-hybridized carbons (Fsp3) is 0.462. The Morgan fingerprint density at radius 1 is 1.06 bits per heavy atom. The minimum absolute atomic E-state index is 0.0248. The van der Waals surface area contributed by atoms with E-state index < -0.39 is 46.9 Å². The van der Waals surface area contributed by atoms with Crippen LogP contribution in [-0.2, 0) is 32.7 Å². The molecule has 0 aliphatic carbocycles. The molecule has 0 saturated carbocycles. The second kappa shape index (κ2) is 12.6. The number of aryl methyl sites for hydroxylation is 1. The highest BCUT2D eigenvalue weighted by atomic mass is 32.2. The molecule has 4 N–H and O–H groups in total. The molecule has 3 unspecified atom stereocenters. The molecule has 2 fully saturated rings. The van der Waals surface area contributed by atoms with Gasteiger partial charge in [0, 0.05) is 53.6 Å². The Balaban J connectivity index is 1.32. The minimum Gasteiger partial charge on any atom is -0.504 e. The van der Waals surface area contributed by atoms with Crippen molar-refractivity contribution in [2.45, 2.75) is 74.6 Å². The van der Waals surface area contributed by atoms with Crippen LogP contribution in [0.3, 0.4) is 0 Å². The molecule has 7 heterocycles. The quantitative estimate of drug-likeness (QED) is 0.225. The number of carbonyl (C=O) groups is 2. The highest BCUT2D eigenvalue weighted by Gasteiger charge is 2.60. The Morgan fingerprint density at radius 3 is 2.59 bits per heavy atom. The van der Waals surface area contributed by atoms with E-state index in [1.54, 1.807) is 12.1 Å². The van der Waals surface area contributed by atoms with Crippen molar-refractivity contribution in [3.63, 3.8) is 0 Å². The van der Waals surface area contributed by atoms with Crippen molar-refractivity contribution in [1.82, 2.24) is 15.5 Å². The number of rotatable bonds is 3. The minimum atomic E-state index is -1.36. The highest BCUT2D eigenvalue weighted by molar-refractivity contribution is 7.99. The van der Waals surface area contributed by atoms with Crippen molar-refractivity contribution >= 4 is 23.7 Å². The van der Waals surface area contributed by atoms with Crippen LogP contribution < -0.4 is 34.3 Å². The van der Waals surface area contributed by atoms with Gasteiger partial charge < -0.3 is 44.0 Å². The molecule has 3 aromatic rings. The molecule has 15 heteroatoms. The molecule has 282 valence electrons. The summed E-state index contributed by atoms with van der Waals surface area (Å²) in [4.78, 5) is 29.7. The van der Waals surface area contributed by atoms with Gasteiger partial charge in [0.25, 0.3) is 0 Å². The van der Waals surface area contributed by atoms with Gasteiger partial charge >= 0.3 is 11.9 Å². The molecular formula is C39H40N4O10S. The van der Waals surface area contributed by atoms with Gasteiger partial charge in [-0.3, -0.25) is 15.0 Å². The number of nitriles is 1. The number of hydrogen-bond donors (Lipinski definition) is 4. The molecule has 1 spiro atoms. The van der Waals surface area contributed by atoms with E-state index in [1.165, 1.54) is 32.9 Å². The van der Waals surface area contributed by atoms with Crippen molar-refractivity contribution < 1.29 is 48.2 Å². The smallest absolute Gasteiger partial charge is 0.331 e. The number of hydrogen-bond acceptors (Lipinski definition) is 15. The van der Waals surface area contributed by atoms with Crippen LogP contribution in [0.25, 0.3) is 0 Å². The number of nitrogens with zero attached hydrogens (tertiary/aromatic N) is 2. The van der Waals surface area contributed by atoms with Gasteiger partial charge in [-0.15, -0.1) is 11.8 Å². The van der Waals surface area contributed by atoms with E-state index in [-0.39, 0.29) is 42.4 Å². The third kappa shape index (κ3) is 4.76. The zero-order valence-electron chi connectivity index (χ0n) is 30.4. The number of nitrogens with one attached hydrogen (secondary N) is 2. The third-order valence-corrected chi connectivity index (χ3v) is 13.4. The van der Waals surface area contributed by atoms with Crippen molar-refractivity contribution in [1.29, 1.82) is 5.26 Å². The first-order chi connectivity index (χ1) is 26.0. The summed E-state index contributed by atoms with van der Waals surface area (Å²) in [6, 6.07) is 5.06. The second-order valence-corrected chi connectivity index (χ2v) is 15.8. The lowest BCUT2D eigenvalue weighted by atomic mass is 9.72. The normalized spacial score (nSPS) is 28.9. The molecule has 3 aromatic carbocycles. The number of aromatic hydroxyl groups is 2. The molecule has 7 atom stereocenters. The van der Waals surface area contributed by atoms with Crippen LogP contribution in [0.4, 0.5) is 0 Å². The second-order valence-electron chi connectivity index (χ2n) is 14.7. The predicted molar refractivity (Wildman–Crippen MR) is 193 cm³/mol. The third-order valence-electron chi connectivity index (χ3n) is 11.9. The predicted octanol–water partition coefficient (Wildman–Crippen LogP) is 3.64. The summed E-state index contributed by atoms with van der Waals surface area (Å²) in [6.07, 6.45) is 1.03. The largest absolute Gasteiger partial charge is 0.504 e. The molecule has 10 rings (SSSR count). The highest BCUT2D eigenvalue weighted by Crippen LogP contribution is 2.63. The lowest BCUT2D eigenvalue weighted by molar-refractivity contribution is -0.155. The van der Waals surface area contributed by atoms with Crippen molar-refractivity contribution in [2.24, 2.45) is 0 Å². The number of fused-ring (bicyclic) bond motifs is 9. The Hall–Kier alpha value is -4.88. The number of phenolic OH excluding ortho intramolecular Hbond substituents is 2. The molecule has 0 aromatic heterocycles. The Kier molecular flexibility index (Phi) is 8.13. The average Bonchev–Trinajstić information content (AvgIpc) is 3.64. The first kappa shape index (κ1) is 34.9. The fourth-order valence-corrected chi connectivity index (χ4v) is 11.5. The number of thioether (sulfide) groups is 1. The van der Waals surface area contributed by atoms with E-state index in [0.29, 0.717) is 70.2 Å². The number of carbonyl (C=O) groups excluding carboxylic acids is 2. The Bertz CT molecular complexity index is 2190. The summed E-state index contributed by atoms with van der Waals surface area (Å²) in [5, 5.41) is 40.3. The van der Waals surface area contributed by atoms with E-state index in [2.05, 4.69) is 21.6 Å². The van der Waals surface area contributed by atoms with Crippen LogP contribution in [0.2, 0.25) is 0 Å². The van der Waals surface area contributed by atoms with Crippen molar-refractivity contribution in [3.05, 3.63) is 62.7 Å². The SMILES string of the molecule is COc1cc2c(cc1O)CCNC21CS[C@@H]2c3c(OC(C)=O)c(C)c4c(c3[C@H](COC1=O)N1C2C2N[C@H](Cc3cc(C)c(OC)c(O)c32)[C@@H]1C#N)OCO4. The fourth-order valence-electron chi connectivity index (χ4n) is 9.79. The van der Waals surface area contributed by atoms with Gasteiger partial charge in [-0.1, -0.05) is 6.07 Å². The number of esters is 2. The van der Waals surface area contributed by atoms with E-state index in [1.807, 2.05) is 19.9 Å². The monoisotopic (exact) mass is 756 g/mol. The van der Waals surface area contributed by atoms with Crippen LogP contribution in [0.15, 0.2) is 18.2 Å². The summed E-state index contributed by atoms with van der Waals surface area (Å²) in [7, 11) is 2.99. The van der Waals surface area contributed by atoms with Crippen LogP contribution in [0.1, 0.15) is 68.8 Å². The van der Waals surface area contributed by atoms with Crippen LogP contribution >= 0.6 is 11.8 Å². The summed E-state index contributed by atoms with van der Waals surface area (Å²) in [5.74, 6) is 0.913. The maximum atomic E-state index is 14.7. The Labute approximate surface area is 315 Å².